The highest BCUT2D eigenvalue weighted by Crippen LogP contribution is 2.04. The number of nitrogens with zero attached hydrogens (tertiary/aromatic N) is 1. The van der Waals surface area contributed by atoms with Crippen molar-refractivity contribution in [2.45, 2.75) is 25.8 Å². The Hall–Kier alpha value is -0.930. The van der Waals surface area contributed by atoms with Crippen molar-refractivity contribution in [2.75, 3.05) is 20.3 Å². The Morgan fingerprint density at radius 2 is 2.13 bits per heavy atom. The van der Waals surface area contributed by atoms with E-state index >= 15 is 0 Å². The van der Waals surface area contributed by atoms with Crippen LogP contribution in [-0.2, 0) is 11.2 Å². The summed E-state index contributed by atoms with van der Waals surface area (Å²) in [6.07, 6.45) is 5.77. The van der Waals surface area contributed by atoms with E-state index in [-0.39, 0.29) is 0 Å². The van der Waals surface area contributed by atoms with Gasteiger partial charge in [0.15, 0.2) is 0 Å². The Bertz CT molecular complexity index is 251. The van der Waals surface area contributed by atoms with Crippen LogP contribution in [0.2, 0.25) is 0 Å². The number of hydrogen-bond acceptors (Lipinski definition) is 3. The fraction of sp³-hybridized carbons (Fsp3) is 0.583. The molecule has 0 aliphatic rings. The third kappa shape index (κ3) is 4.91. The molecular formula is C12H20N2O. The monoisotopic (exact) mass is 208 g/mol. The molecule has 0 saturated carbocycles. The highest BCUT2D eigenvalue weighted by molar-refractivity contribution is 5.11. The molecule has 0 amide bonds. The van der Waals surface area contributed by atoms with E-state index in [1.807, 2.05) is 12.4 Å². The van der Waals surface area contributed by atoms with Gasteiger partial charge in [-0.05, 0) is 37.1 Å². The molecule has 1 N–H and O–H groups in total. The standard InChI is InChI=1S/C12H20N2O/c1-3-14-12(6-9-15-2)10-11-4-7-13-8-5-11/h4-5,7-8,12,14H,3,6,9-10H2,1-2H3. The van der Waals surface area contributed by atoms with Crippen molar-refractivity contribution >= 4 is 0 Å². The molecule has 3 heteroatoms. The third-order valence-corrected chi connectivity index (χ3v) is 2.39. The van der Waals surface area contributed by atoms with Crippen molar-refractivity contribution in [3.8, 4) is 0 Å². The number of ether oxygens (including phenoxy) is 1. The predicted octanol–water partition coefficient (Wildman–Crippen LogP) is 1.64. The van der Waals surface area contributed by atoms with E-state index < -0.39 is 0 Å². The van der Waals surface area contributed by atoms with Crippen molar-refractivity contribution in [1.29, 1.82) is 0 Å². The number of nitrogens with one attached hydrogen (secondary N) is 1. The first-order valence-electron chi connectivity index (χ1n) is 5.48. The van der Waals surface area contributed by atoms with Gasteiger partial charge in [0.05, 0.1) is 0 Å². The van der Waals surface area contributed by atoms with E-state index in [9.17, 15) is 0 Å². The van der Waals surface area contributed by atoms with Gasteiger partial charge >= 0.3 is 0 Å². The smallest absolute Gasteiger partial charge is 0.0477 e. The van der Waals surface area contributed by atoms with E-state index in [0.717, 1.165) is 26.0 Å². The van der Waals surface area contributed by atoms with Gasteiger partial charge in [0, 0.05) is 32.2 Å². The second kappa shape index (κ2) is 7.37. The second-order valence-electron chi connectivity index (χ2n) is 3.60. The lowest BCUT2D eigenvalue weighted by Gasteiger charge is -2.17. The van der Waals surface area contributed by atoms with Gasteiger partial charge in [-0.2, -0.15) is 0 Å². The van der Waals surface area contributed by atoms with E-state index in [2.05, 4.69) is 29.4 Å². The summed E-state index contributed by atoms with van der Waals surface area (Å²) < 4.78 is 5.10. The Balaban J connectivity index is 2.43. The molecule has 1 unspecified atom stereocenters. The van der Waals surface area contributed by atoms with Gasteiger partial charge in [0.2, 0.25) is 0 Å². The van der Waals surface area contributed by atoms with Crippen LogP contribution < -0.4 is 5.32 Å². The maximum Gasteiger partial charge on any atom is 0.0477 e. The highest BCUT2D eigenvalue weighted by atomic mass is 16.5. The summed E-state index contributed by atoms with van der Waals surface area (Å²) >= 11 is 0. The Kier molecular flexibility index (Phi) is 5.97. The molecule has 84 valence electrons. The van der Waals surface area contributed by atoms with Crippen molar-refractivity contribution in [3.05, 3.63) is 30.1 Å². The summed E-state index contributed by atoms with van der Waals surface area (Å²) in [5, 5.41) is 3.47. The first kappa shape index (κ1) is 12.1. The maximum atomic E-state index is 5.10. The summed E-state index contributed by atoms with van der Waals surface area (Å²) in [4.78, 5) is 4.02. The summed E-state index contributed by atoms with van der Waals surface area (Å²) in [6, 6.07) is 4.63. The quantitative estimate of drug-likeness (QED) is 0.739. The number of aromatic nitrogens is 1. The van der Waals surface area contributed by atoms with E-state index in [1.54, 1.807) is 7.11 Å². The van der Waals surface area contributed by atoms with Crippen molar-refractivity contribution < 1.29 is 4.74 Å². The van der Waals surface area contributed by atoms with Gasteiger partial charge in [-0.3, -0.25) is 4.98 Å². The number of methoxy groups -OCH3 is 1. The normalized spacial score (nSPS) is 12.7. The summed E-state index contributed by atoms with van der Waals surface area (Å²) in [5.41, 5.74) is 1.33. The molecule has 1 aromatic rings. The average molecular weight is 208 g/mol. The largest absolute Gasteiger partial charge is 0.385 e. The number of rotatable bonds is 7. The fourth-order valence-electron chi connectivity index (χ4n) is 1.63. The third-order valence-electron chi connectivity index (χ3n) is 2.39. The number of pyridine rings is 1. The van der Waals surface area contributed by atoms with Crippen LogP contribution in [0.15, 0.2) is 24.5 Å². The van der Waals surface area contributed by atoms with Crippen LogP contribution >= 0.6 is 0 Å². The molecule has 0 aliphatic heterocycles. The predicted molar refractivity (Wildman–Crippen MR) is 61.9 cm³/mol. The first-order valence-corrected chi connectivity index (χ1v) is 5.48. The van der Waals surface area contributed by atoms with Gasteiger partial charge < -0.3 is 10.1 Å². The van der Waals surface area contributed by atoms with Crippen molar-refractivity contribution in [3.63, 3.8) is 0 Å². The maximum absolute atomic E-state index is 5.10. The van der Waals surface area contributed by atoms with E-state index in [0.29, 0.717) is 6.04 Å². The molecule has 0 fully saturated rings. The minimum atomic E-state index is 0.498. The lowest BCUT2D eigenvalue weighted by atomic mass is 10.0. The molecule has 0 saturated heterocycles. The van der Waals surface area contributed by atoms with Gasteiger partial charge in [0.1, 0.15) is 0 Å². The molecule has 0 bridgehead atoms. The SMILES string of the molecule is CCNC(CCOC)Cc1ccncc1. The molecule has 0 aromatic carbocycles. The van der Waals surface area contributed by atoms with E-state index in [1.165, 1.54) is 5.56 Å². The summed E-state index contributed by atoms with van der Waals surface area (Å²) in [7, 11) is 1.75. The Labute approximate surface area is 91.9 Å². The van der Waals surface area contributed by atoms with Gasteiger partial charge in [-0.1, -0.05) is 6.92 Å². The lowest BCUT2D eigenvalue weighted by Crippen LogP contribution is -2.32. The Morgan fingerprint density at radius 3 is 2.73 bits per heavy atom. The summed E-state index contributed by atoms with van der Waals surface area (Å²) in [5.74, 6) is 0. The molecule has 1 aromatic heterocycles. The van der Waals surface area contributed by atoms with Crippen LogP contribution in [0.4, 0.5) is 0 Å². The minimum Gasteiger partial charge on any atom is -0.385 e. The second-order valence-corrected chi connectivity index (χ2v) is 3.60. The molecule has 1 rings (SSSR count). The number of likely N-dealkylation sites (N-methyl/N-ethyl adjacent to an activating group) is 1. The fourth-order valence-corrected chi connectivity index (χ4v) is 1.63. The van der Waals surface area contributed by atoms with Crippen LogP contribution in [-0.4, -0.2) is 31.3 Å². The molecule has 1 atom stereocenters. The van der Waals surface area contributed by atoms with Crippen LogP contribution in [0.1, 0.15) is 18.9 Å². The zero-order valence-electron chi connectivity index (χ0n) is 9.57. The molecular weight excluding hydrogens is 188 g/mol. The highest BCUT2D eigenvalue weighted by Gasteiger charge is 2.07. The molecule has 1 heterocycles. The first-order chi connectivity index (χ1) is 7.36. The molecule has 0 aliphatic carbocycles. The lowest BCUT2D eigenvalue weighted by molar-refractivity contribution is 0.183. The molecule has 0 spiro atoms. The van der Waals surface area contributed by atoms with Gasteiger partial charge in [-0.15, -0.1) is 0 Å². The van der Waals surface area contributed by atoms with Crippen molar-refractivity contribution in [2.24, 2.45) is 0 Å². The zero-order valence-corrected chi connectivity index (χ0v) is 9.57. The van der Waals surface area contributed by atoms with Gasteiger partial charge in [0.25, 0.3) is 0 Å². The van der Waals surface area contributed by atoms with Crippen LogP contribution in [0, 0.1) is 0 Å². The molecule has 0 radical (unpaired) electrons. The van der Waals surface area contributed by atoms with Crippen LogP contribution in [0.25, 0.3) is 0 Å². The molecule has 3 nitrogen and oxygen atoms in total. The van der Waals surface area contributed by atoms with Crippen LogP contribution in [0.5, 0.6) is 0 Å². The zero-order chi connectivity index (χ0) is 10.9. The van der Waals surface area contributed by atoms with E-state index in [4.69, 9.17) is 4.74 Å². The van der Waals surface area contributed by atoms with Crippen molar-refractivity contribution in [1.82, 2.24) is 10.3 Å². The minimum absolute atomic E-state index is 0.498. The van der Waals surface area contributed by atoms with Crippen LogP contribution in [0.3, 0.4) is 0 Å². The Morgan fingerprint density at radius 1 is 1.40 bits per heavy atom. The summed E-state index contributed by atoms with van der Waals surface area (Å²) in [6.45, 7) is 3.94. The molecule has 15 heavy (non-hydrogen) atoms. The van der Waals surface area contributed by atoms with Gasteiger partial charge in [-0.25, -0.2) is 0 Å². The number of hydrogen-bond donors (Lipinski definition) is 1. The topological polar surface area (TPSA) is 34.1 Å². The average Bonchev–Trinajstić information content (AvgIpc) is 2.28.